The Balaban J connectivity index is 1.90. The molecule has 2 rings (SSSR count). The van der Waals surface area contributed by atoms with Gasteiger partial charge in [-0.25, -0.2) is 0 Å². The van der Waals surface area contributed by atoms with Crippen molar-refractivity contribution in [3.05, 3.63) is 47.3 Å². The third-order valence-electron chi connectivity index (χ3n) is 3.11. The second-order valence-electron chi connectivity index (χ2n) is 4.73. The molecule has 2 aromatic rings. The van der Waals surface area contributed by atoms with E-state index in [1.165, 1.54) is 0 Å². The molecule has 5 nitrogen and oxygen atoms in total. The average molecular weight is 272 g/mol. The van der Waals surface area contributed by atoms with Crippen LogP contribution in [0.4, 0.5) is 5.69 Å². The lowest BCUT2D eigenvalue weighted by molar-refractivity contribution is 0.0943. The number of nitrogens with zero attached hydrogens (tertiary/aromatic N) is 2. The molecule has 5 heteroatoms. The number of hydrogen-bond donors (Lipinski definition) is 2. The summed E-state index contributed by atoms with van der Waals surface area (Å²) in [5.74, 6) is -0.0807. The first-order chi connectivity index (χ1) is 9.60. The molecule has 1 aromatic carbocycles. The summed E-state index contributed by atoms with van der Waals surface area (Å²) >= 11 is 0. The van der Waals surface area contributed by atoms with E-state index in [1.807, 2.05) is 44.2 Å². The third-order valence-corrected chi connectivity index (χ3v) is 3.11. The molecule has 0 spiro atoms. The monoisotopic (exact) mass is 272 g/mol. The van der Waals surface area contributed by atoms with Gasteiger partial charge < -0.3 is 11.1 Å². The van der Waals surface area contributed by atoms with E-state index in [-0.39, 0.29) is 5.91 Å². The van der Waals surface area contributed by atoms with E-state index in [1.54, 1.807) is 4.68 Å². The second-order valence-corrected chi connectivity index (χ2v) is 4.73. The number of hydrogen-bond acceptors (Lipinski definition) is 3. The van der Waals surface area contributed by atoms with Gasteiger partial charge in [-0.3, -0.25) is 9.48 Å². The molecule has 1 amide bonds. The first-order valence-corrected chi connectivity index (χ1v) is 6.77. The molecule has 1 aromatic heterocycles. The number of carbonyl (C=O) groups is 1. The summed E-state index contributed by atoms with van der Waals surface area (Å²) in [5.41, 5.74) is 9.01. The van der Waals surface area contributed by atoms with Crippen LogP contribution in [0.15, 0.2) is 30.3 Å². The van der Waals surface area contributed by atoms with E-state index in [0.717, 1.165) is 23.4 Å². The highest BCUT2D eigenvalue weighted by atomic mass is 16.2. The van der Waals surface area contributed by atoms with Crippen molar-refractivity contribution in [3.8, 4) is 0 Å². The number of nitrogens with one attached hydrogen (secondary N) is 1. The van der Waals surface area contributed by atoms with Crippen molar-refractivity contribution in [2.45, 2.75) is 26.8 Å². The zero-order valence-electron chi connectivity index (χ0n) is 11.9. The fourth-order valence-electron chi connectivity index (χ4n) is 2.06. The summed E-state index contributed by atoms with van der Waals surface area (Å²) in [6, 6.07) is 9.49. The molecule has 0 radical (unpaired) electrons. The molecule has 0 fully saturated rings. The Kier molecular flexibility index (Phi) is 4.40. The van der Waals surface area contributed by atoms with E-state index >= 15 is 0 Å². The van der Waals surface area contributed by atoms with Gasteiger partial charge in [-0.1, -0.05) is 12.1 Å². The predicted molar refractivity (Wildman–Crippen MR) is 79.5 cm³/mol. The van der Waals surface area contributed by atoms with E-state index in [4.69, 9.17) is 5.73 Å². The van der Waals surface area contributed by atoms with Crippen LogP contribution in [0.25, 0.3) is 0 Å². The van der Waals surface area contributed by atoms with Crippen LogP contribution in [0.1, 0.15) is 28.7 Å². The zero-order valence-corrected chi connectivity index (χ0v) is 11.9. The normalized spacial score (nSPS) is 10.5. The first-order valence-electron chi connectivity index (χ1n) is 6.77. The van der Waals surface area contributed by atoms with Crippen molar-refractivity contribution in [1.29, 1.82) is 0 Å². The van der Waals surface area contributed by atoms with Crippen molar-refractivity contribution >= 4 is 11.6 Å². The molecular weight excluding hydrogens is 252 g/mol. The summed E-state index contributed by atoms with van der Waals surface area (Å²) < 4.78 is 1.72. The van der Waals surface area contributed by atoms with Gasteiger partial charge >= 0.3 is 0 Å². The molecular formula is C15H20N4O. The van der Waals surface area contributed by atoms with Crippen LogP contribution in [-0.2, 0) is 13.0 Å². The van der Waals surface area contributed by atoms with Crippen molar-refractivity contribution in [2.24, 2.45) is 0 Å². The maximum Gasteiger partial charge on any atom is 0.269 e. The Morgan fingerprint density at radius 3 is 2.70 bits per heavy atom. The Morgan fingerprint density at radius 1 is 1.35 bits per heavy atom. The average Bonchev–Trinajstić information content (AvgIpc) is 2.82. The summed E-state index contributed by atoms with van der Waals surface area (Å²) in [6.07, 6.45) is 0.783. The number of aromatic nitrogens is 2. The lowest BCUT2D eigenvalue weighted by Crippen LogP contribution is -2.28. The van der Waals surface area contributed by atoms with E-state index in [9.17, 15) is 4.79 Å². The van der Waals surface area contributed by atoms with Gasteiger partial charge in [0.25, 0.3) is 5.91 Å². The van der Waals surface area contributed by atoms with E-state index in [0.29, 0.717) is 18.8 Å². The molecule has 20 heavy (non-hydrogen) atoms. The first kappa shape index (κ1) is 14.1. The van der Waals surface area contributed by atoms with Crippen LogP contribution in [0.2, 0.25) is 0 Å². The third kappa shape index (κ3) is 3.38. The lowest BCUT2D eigenvalue weighted by Gasteiger charge is -2.07. The SMILES string of the molecule is CCn1nc(C)cc1C(=O)NCCc1ccc(N)cc1. The van der Waals surface area contributed by atoms with Crippen LogP contribution in [0, 0.1) is 6.92 Å². The Bertz CT molecular complexity index is 586. The highest BCUT2D eigenvalue weighted by Crippen LogP contribution is 2.06. The quantitative estimate of drug-likeness (QED) is 0.815. The van der Waals surface area contributed by atoms with Crippen LogP contribution >= 0.6 is 0 Å². The minimum atomic E-state index is -0.0807. The molecule has 0 saturated carbocycles. The maximum atomic E-state index is 12.1. The topological polar surface area (TPSA) is 72.9 Å². The molecule has 0 aliphatic rings. The predicted octanol–water partition coefficient (Wildman–Crippen LogP) is 1.77. The van der Waals surface area contributed by atoms with Crippen LogP contribution in [0.5, 0.6) is 0 Å². The Morgan fingerprint density at radius 2 is 2.05 bits per heavy atom. The standard InChI is InChI=1S/C15H20N4O/c1-3-19-14(10-11(2)18-19)15(20)17-9-8-12-4-6-13(16)7-5-12/h4-7,10H,3,8-9,16H2,1-2H3,(H,17,20). The van der Waals surface area contributed by atoms with Gasteiger partial charge in [0.15, 0.2) is 0 Å². The smallest absolute Gasteiger partial charge is 0.269 e. The number of anilines is 1. The Labute approximate surface area is 118 Å². The van der Waals surface area contributed by atoms with Crippen LogP contribution in [-0.4, -0.2) is 22.2 Å². The molecule has 106 valence electrons. The summed E-state index contributed by atoms with van der Waals surface area (Å²) in [4.78, 5) is 12.1. The van der Waals surface area contributed by atoms with Gasteiger partial charge in [0, 0.05) is 18.8 Å². The zero-order chi connectivity index (χ0) is 14.5. The minimum absolute atomic E-state index is 0.0807. The Hall–Kier alpha value is -2.30. The van der Waals surface area contributed by atoms with Crippen molar-refractivity contribution in [3.63, 3.8) is 0 Å². The summed E-state index contributed by atoms with van der Waals surface area (Å²) in [6.45, 7) is 5.14. The van der Waals surface area contributed by atoms with Crippen LogP contribution in [0.3, 0.4) is 0 Å². The molecule has 1 heterocycles. The molecule has 0 aliphatic carbocycles. The van der Waals surface area contributed by atoms with Gasteiger partial charge in [0.1, 0.15) is 5.69 Å². The minimum Gasteiger partial charge on any atom is -0.399 e. The van der Waals surface area contributed by atoms with Gasteiger partial charge in [0.2, 0.25) is 0 Å². The number of benzene rings is 1. The molecule has 0 aliphatic heterocycles. The number of amides is 1. The largest absolute Gasteiger partial charge is 0.399 e. The number of aryl methyl sites for hydroxylation is 2. The fraction of sp³-hybridized carbons (Fsp3) is 0.333. The summed E-state index contributed by atoms with van der Waals surface area (Å²) in [5, 5.41) is 7.19. The molecule has 0 bridgehead atoms. The molecule has 0 unspecified atom stereocenters. The van der Waals surface area contributed by atoms with Crippen molar-refractivity contribution in [2.75, 3.05) is 12.3 Å². The lowest BCUT2D eigenvalue weighted by atomic mass is 10.1. The number of nitrogen functional groups attached to an aromatic ring is 1. The van der Waals surface area contributed by atoms with Crippen molar-refractivity contribution in [1.82, 2.24) is 15.1 Å². The number of rotatable bonds is 5. The van der Waals surface area contributed by atoms with Gasteiger partial charge in [0.05, 0.1) is 5.69 Å². The van der Waals surface area contributed by atoms with Crippen molar-refractivity contribution < 1.29 is 4.79 Å². The highest BCUT2D eigenvalue weighted by Gasteiger charge is 2.12. The van der Waals surface area contributed by atoms with Crippen LogP contribution < -0.4 is 11.1 Å². The molecule has 3 N–H and O–H groups in total. The number of nitrogens with two attached hydrogens (primary N) is 1. The van der Waals surface area contributed by atoms with E-state index in [2.05, 4.69) is 10.4 Å². The second kappa shape index (κ2) is 6.23. The number of carbonyl (C=O) groups excluding carboxylic acids is 1. The van der Waals surface area contributed by atoms with Gasteiger partial charge in [-0.15, -0.1) is 0 Å². The highest BCUT2D eigenvalue weighted by molar-refractivity contribution is 5.92. The fourth-order valence-corrected chi connectivity index (χ4v) is 2.06. The van der Waals surface area contributed by atoms with Gasteiger partial charge in [-0.05, 0) is 44.0 Å². The molecule has 0 atom stereocenters. The maximum absolute atomic E-state index is 12.1. The van der Waals surface area contributed by atoms with E-state index < -0.39 is 0 Å². The van der Waals surface area contributed by atoms with Gasteiger partial charge in [-0.2, -0.15) is 5.10 Å². The molecule has 0 saturated heterocycles. The summed E-state index contributed by atoms with van der Waals surface area (Å²) in [7, 11) is 0.